The highest BCUT2D eigenvalue weighted by atomic mass is 16.5. The molecule has 2 N–H and O–H groups in total. The van der Waals surface area contributed by atoms with Gasteiger partial charge in [0.2, 0.25) is 0 Å². The first kappa shape index (κ1) is 20.3. The van der Waals surface area contributed by atoms with Gasteiger partial charge in [-0.2, -0.15) is 0 Å². The molecule has 0 saturated heterocycles. The first-order valence-electron chi connectivity index (χ1n) is 8.76. The van der Waals surface area contributed by atoms with Crippen LogP contribution in [0.2, 0.25) is 0 Å². The third-order valence-electron chi connectivity index (χ3n) is 4.09. The molecule has 2 rings (SSSR count). The first-order valence-corrected chi connectivity index (χ1v) is 8.76. The minimum absolute atomic E-state index is 0.127. The Morgan fingerprint density at radius 3 is 2.15 bits per heavy atom. The Balaban J connectivity index is 1.70. The molecular weight excluding hydrogens is 346 g/mol. The van der Waals surface area contributed by atoms with Crippen molar-refractivity contribution in [2.75, 3.05) is 13.2 Å². The van der Waals surface area contributed by atoms with E-state index in [0.29, 0.717) is 24.5 Å². The zero-order valence-corrected chi connectivity index (χ0v) is 15.6. The van der Waals surface area contributed by atoms with E-state index in [1.807, 2.05) is 30.3 Å². The molecule has 0 aliphatic rings. The van der Waals surface area contributed by atoms with Gasteiger partial charge in [0.1, 0.15) is 18.1 Å². The van der Waals surface area contributed by atoms with E-state index >= 15 is 0 Å². The van der Waals surface area contributed by atoms with Gasteiger partial charge in [-0.3, -0.25) is 9.59 Å². The molecule has 0 fully saturated rings. The fourth-order valence-electron chi connectivity index (χ4n) is 2.19. The molecule has 27 heavy (non-hydrogen) atoms. The standard InChI is InChI=1S/C21H25NO5/c1-21(2,20(24)25)12-13-22-19(23)15-27-18-10-8-17(9-11-18)26-14-16-6-4-3-5-7-16/h3-11H,12-15H2,1-2H3,(H,22,23)(H,24,25). The summed E-state index contributed by atoms with van der Waals surface area (Å²) in [5, 5.41) is 11.7. The molecule has 0 spiro atoms. The van der Waals surface area contributed by atoms with Crippen LogP contribution in [-0.2, 0) is 16.2 Å². The molecule has 0 aliphatic carbocycles. The van der Waals surface area contributed by atoms with E-state index in [1.165, 1.54) is 0 Å². The number of ether oxygens (including phenoxy) is 2. The number of aliphatic carboxylic acids is 1. The normalized spacial score (nSPS) is 10.9. The summed E-state index contributed by atoms with van der Waals surface area (Å²) in [7, 11) is 0. The van der Waals surface area contributed by atoms with Gasteiger partial charge >= 0.3 is 5.97 Å². The maximum atomic E-state index is 11.8. The molecule has 0 unspecified atom stereocenters. The largest absolute Gasteiger partial charge is 0.489 e. The Morgan fingerprint density at radius 1 is 0.963 bits per heavy atom. The predicted octanol–water partition coefficient (Wildman–Crippen LogP) is 3.26. The second kappa shape index (κ2) is 9.62. The van der Waals surface area contributed by atoms with Crippen LogP contribution in [0, 0.1) is 5.41 Å². The second-order valence-corrected chi connectivity index (χ2v) is 6.82. The average Bonchev–Trinajstić information content (AvgIpc) is 2.66. The monoisotopic (exact) mass is 371 g/mol. The molecule has 0 radical (unpaired) electrons. The number of carbonyl (C=O) groups excluding carboxylic acids is 1. The van der Waals surface area contributed by atoms with E-state index in [-0.39, 0.29) is 19.1 Å². The maximum absolute atomic E-state index is 11.8. The minimum atomic E-state index is -0.887. The third-order valence-corrected chi connectivity index (χ3v) is 4.09. The predicted molar refractivity (Wildman–Crippen MR) is 102 cm³/mol. The number of benzene rings is 2. The SMILES string of the molecule is CC(C)(CCNC(=O)COc1ccc(OCc2ccccc2)cc1)C(=O)O. The number of carboxylic acid groups (broad SMARTS) is 1. The number of amides is 1. The van der Waals surface area contributed by atoms with Gasteiger partial charge in [-0.05, 0) is 50.1 Å². The van der Waals surface area contributed by atoms with Crippen LogP contribution in [0.15, 0.2) is 54.6 Å². The highest BCUT2D eigenvalue weighted by molar-refractivity contribution is 5.77. The summed E-state index contributed by atoms with van der Waals surface area (Å²) < 4.78 is 11.1. The van der Waals surface area contributed by atoms with Crippen LogP contribution < -0.4 is 14.8 Å². The van der Waals surface area contributed by atoms with E-state index in [9.17, 15) is 9.59 Å². The van der Waals surface area contributed by atoms with Gasteiger partial charge in [-0.15, -0.1) is 0 Å². The van der Waals surface area contributed by atoms with Gasteiger partial charge in [-0.1, -0.05) is 30.3 Å². The average molecular weight is 371 g/mol. The van der Waals surface area contributed by atoms with Crippen molar-refractivity contribution in [3.05, 3.63) is 60.2 Å². The molecule has 2 aromatic rings. The van der Waals surface area contributed by atoms with Gasteiger partial charge in [0.15, 0.2) is 6.61 Å². The summed E-state index contributed by atoms with van der Waals surface area (Å²) in [6, 6.07) is 16.9. The fourth-order valence-corrected chi connectivity index (χ4v) is 2.19. The quantitative estimate of drug-likeness (QED) is 0.670. The summed E-state index contributed by atoms with van der Waals surface area (Å²) in [4.78, 5) is 22.8. The van der Waals surface area contributed by atoms with Crippen LogP contribution in [0.3, 0.4) is 0 Å². The Kier molecular flexibility index (Phi) is 7.23. The number of nitrogens with one attached hydrogen (secondary N) is 1. The maximum Gasteiger partial charge on any atom is 0.309 e. The van der Waals surface area contributed by atoms with Crippen molar-refractivity contribution in [2.45, 2.75) is 26.9 Å². The van der Waals surface area contributed by atoms with Crippen LogP contribution in [0.5, 0.6) is 11.5 Å². The molecule has 0 atom stereocenters. The Morgan fingerprint density at radius 2 is 1.56 bits per heavy atom. The van der Waals surface area contributed by atoms with Crippen molar-refractivity contribution in [3.63, 3.8) is 0 Å². The second-order valence-electron chi connectivity index (χ2n) is 6.82. The summed E-state index contributed by atoms with van der Waals surface area (Å²) in [6.45, 7) is 3.89. The lowest BCUT2D eigenvalue weighted by molar-refractivity contribution is -0.147. The zero-order chi connectivity index (χ0) is 19.7. The van der Waals surface area contributed by atoms with Gasteiger partial charge in [0.25, 0.3) is 5.91 Å². The van der Waals surface area contributed by atoms with Gasteiger partial charge in [0.05, 0.1) is 5.41 Å². The zero-order valence-electron chi connectivity index (χ0n) is 15.6. The van der Waals surface area contributed by atoms with Gasteiger partial charge in [0, 0.05) is 6.54 Å². The summed E-state index contributed by atoms with van der Waals surface area (Å²) in [5.41, 5.74) is 0.213. The Labute approximate surface area is 159 Å². The lowest BCUT2D eigenvalue weighted by Gasteiger charge is -2.18. The van der Waals surface area contributed by atoms with Crippen LogP contribution >= 0.6 is 0 Å². The van der Waals surface area contributed by atoms with Crippen LogP contribution in [-0.4, -0.2) is 30.1 Å². The number of hydrogen-bond donors (Lipinski definition) is 2. The minimum Gasteiger partial charge on any atom is -0.489 e. The van der Waals surface area contributed by atoms with Crippen molar-refractivity contribution >= 4 is 11.9 Å². The number of rotatable bonds is 10. The van der Waals surface area contributed by atoms with E-state index in [4.69, 9.17) is 14.6 Å². The van der Waals surface area contributed by atoms with Crippen LogP contribution in [0.4, 0.5) is 0 Å². The van der Waals surface area contributed by atoms with Crippen molar-refractivity contribution in [1.82, 2.24) is 5.32 Å². The molecule has 6 nitrogen and oxygen atoms in total. The van der Waals surface area contributed by atoms with Crippen molar-refractivity contribution < 1.29 is 24.2 Å². The molecule has 0 aromatic heterocycles. The molecule has 0 aliphatic heterocycles. The molecule has 144 valence electrons. The topological polar surface area (TPSA) is 84.9 Å². The molecule has 0 heterocycles. The fraction of sp³-hybridized carbons (Fsp3) is 0.333. The summed E-state index contributed by atoms with van der Waals surface area (Å²) >= 11 is 0. The first-order chi connectivity index (χ1) is 12.9. The Bertz CT molecular complexity index is 741. The number of carbonyl (C=O) groups is 2. The highest BCUT2D eigenvalue weighted by Crippen LogP contribution is 2.20. The van der Waals surface area contributed by atoms with E-state index in [2.05, 4.69) is 5.32 Å². The third kappa shape index (κ3) is 7.01. The summed E-state index contributed by atoms with van der Waals surface area (Å²) in [5.74, 6) is 0.0952. The van der Waals surface area contributed by atoms with E-state index in [0.717, 1.165) is 5.56 Å². The van der Waals surface area contributed by atoms with Crippen molar-refractivity contribution in [3.8, 4) is 11.5 Å². The lowest BCUT2D eigenvalue weighted by atomic mass is 9.90. The molecular formula is C21H25NO5. The van der Waals surface area contributed by atoms with Crippen molar-refractivity contribution in [2.24, 2.45) is 5.41 Å². The van der Waals surface area contributed by atoms with E-state index in [1.54, 1.807) is 38.1 Å². The summed E-state index contributed by atoms with van der Waals surface area (Å²) in [6.07, 6.45) is 0.349. The molecule has 6 heteroatoms. The number of carboxylic acids is 1. The van der Waals surface area contributed by atoms with Crippen molar-refractivity contribution in [1.29, 1.82) is 0 Å². The molecule has 0 bridgehead atoms. The highest BCUT2D eigenvalue weighted by Gasteiger charge is 2.26. The lowest BCUT2D eigenvalue weighted by Crippen LogP contribution is -2.34. The molecule has 1 amide bonds. The molecule has 2 aromatic carbocycles. The van der Waals surface area contributed by atoms with Crippen LogP contribution in [0.1, 0.15) is 25.8 Å². The Hall–Kier alpha value is -3.02. The number of hydrogen-bond acceptors (Lipinski definition) is 4. The van der Waals surface area contributed by atoms with Gasteiger partial charge in [-0.25, -0.2) is 0 Å². The molecule has 0 saturated carbocycles. The van der Waals surface area contributed by atoms with E-state index < -0.39 is 11.4 Å². The smallest absolute Gasteiger partial charge is 0.309 e. The van der Waals surface area contributed by atoms with Crippen LogP contribution in [0.25, 0.3) is 0 Å². The van der Waals surface area contributed by atoms with Gasteiger partial charge < -0.3 is 19.9 Å².